The molecule has 2 N–H and O–H groups in total. The summed E-state index contributed by atoms with van der Waals surface area (Å²) in [6.45, 7) is 7.66. The number of carbonyl (C=O) groups is 1. The quantitative estimate of drug-likeness (QED) is 0.549. The van der Waals surface area contributed by atoms with E-state index in [1.807, 2.05) is 6.92 Å². The standard InChI is InChI=1S/C13H27NO3/c1-4-6-7-8-9-13(3,12(15)16)14-10-11-17-5-2/h14H,4-11H2,1-3H3,(H,15,16). The van der Waals surface area contributed by atoms with Gasteiger partial charge in [-0.1, -0.05) is 32.6 Å². The van der Waals surface area contributed by atoms with E-state index in [1.54, 1.807) is 6.92 Å². The zero-order valence-electron chi connectivity index (χ0n) is 11.4. The van der Waals surface area contributed by atoms with Crippen LogP contribution in [-0.2, 0) is 9.53 Å². The maximum absolute atomic E-state index is 11.2. The van der Waals surface area contributed by atoms with E-state index in [1.165, 1.54) is 12.8 Å². The van der Waals surface area contributed by atoms with Crippen molar-refractivity contribution >= 4 is 5.97 Å². The van der Waals surface area contributed by atoms with Gasteiger partial charge in [0.05, 0.1) is 6.61 Å². The van der Waals surface area contributed by atoms with E-state index in [2.05, 4.69) is 12.2 Å². The highest BCUT2D eigenvalue weighted by atomic mass is 16.5. The third kappa shape index (κ3) is 7.34. The highest BCUT2D eigenvalue weighted by molar-refractivity contribution is 5.78. The lowest BCUT2D eigenvalue weighted by atomic mass is 9.94. The second-order valence-electron chi connectivity index (χ2n) is 4.57. The SMILES string of the molecule is CCCCCCC(C)(NCCOCC)C(=O)O. The van der Waals surface area contributed by atoms with Gasteiger partial charge in [0.1, 0.15) is 5.54 Å². The van der Waals surface area contributed by atoms with E-state index in [-0.39, 0.29) is 0 Å². The Labute approximate surface area is 105 Å². The van der Waals surface area contributed by atoms with Crippen molar-refractivity contribution in [2.75, 3.05) is 19.8 Å². The van der Waals surface area contributed by atoms with Crippen LogP contribution in [0.1, 0.15) is 52.9 Å². The van der Waals surface area contributed by atoms with Crippen molar-refractivity contribution in [3.05, 3.63) is 0 Å². The molecule has 1 atom stereocenters. The molecule has 17 heavy (non-hydrogen) atoms. The van der Waals surface area contributed by atoms with Gasteiger partial charge in [0, 0.05) is 13.2 Å². The number of unbranched alkanes of at least 4 members (excludes halogenated alkanes) is 3. The molecule has 0 fully saturated rings. The first-order valence-electron chi connectivity index (χ1n) is 6.63. The number of hydrogen-bond acceptors (Lipinski definition) is 3. The molecule has 0 aromatic carbocycles. The zero-order valence-corrected chi connectivity index (χ0v) is 11.4. The van der Waals surface area contributed by atoms with Gasteiger partial charge in [0.25, 0.3) is 0 Å². The number of rotatable bonds is 11. The molecule has 0 amide bonds. The van der Waals surface area contributed by atoms with Crippen LogP contribution in [0.3, 0.4) is 0 Å². The predicted octanol–water partition coefficient (Wildman–Crippen LogP) is 2.43. The second kappa shape index (κ2) is 9.42. The Kier molecular flexibility index (Phi) is 9.09. The van der Waals surface area contributed by atoms with Gasteiger partial charge in [-0.15, -0.1) is 0 Å². The summed E-state index contributed by atoms with van der Waals surface area (Å²) in [6, 6.07) is 0. The fourth-order valence-electron chi connectivity index (χ4n) is 1.72. The predicted molar refractivity (Wildman–Crippen MR) is 69.3 cm³/mol. The monoisotopic (exact) mass is 245 g/mol. The molecular weight excluding hydrogens is 218 g/mol. The van der Waals surface area contributed by atoms with Crippen molar-refractivity contribution in [2.24, 2.45) is 0 Å². The van der Waals surface area contributed by atoms with Crippen molar-refractivity contribution in [1.82, 2.24) is 5.32 Å². The van der Waals surface area contributed by atoms with Crippen molar-refractivity contribution in [2.45, 2.75) is 58.4 Å². The van der Waals surface area contributed by atoms with Gasteiger partial charge >= 0.3 is 5.97 Å². The molecule has 0 saturated heterocycles. The van der Waals surface area contributed by atoms with Gasteiger partial charge in [0.15, 0.2) is 0 Å². The van der Waals surface area contributed by atoms with E-state index in [4.69, 9.17) is 4.74 Å². The molecule has 1 unspecified atom stereocenters. The number of hydrogen-bond donors (Lipinski definition) is 2. The number of aliphatic carboxylic acids is 1. The number of carboxylic acids is 1. The number of nitrogens with one attached hydrogen (secondary N) is 1. The van der Waals surface area contributed by atoms with Crippen LogP contribution in [-0.4, -0.2) is 36.4 Å². The molecule has 0 radical (unpaired) electrons. The summed E-state index contributed by atoms with van der Waals surface area (Å²) < 4.78 is 5.20. The average molecular weight is 245 g/mol. The van der Waals surface area contributed by atoms with Crippen molar-refractivity contribution in [1.29, 1.82) is 0 Å². The molecule has 0 rings (SSSR count). The van der Waals surface area contributed by atoms with Crippen molar-refractivity contribution < 1.29 is 14.6 Å². The lowest BCUT2D eigenvalue weighted by molar-refractivity contribution is -0.144. The van der Waals surface area contributed by atoms with Gasteiger partial charge < -0.3 is 9.84 Å². The molecule has 102 valence electrons. The van der Waals surface area contributed by atoms with E-state index < -0.39 is 11.5 Å². The van der Waals surface area contributed by atoms with Crippen LogP contribution in [0.2, 0.25) is 0 Å². The molecule has 4 heteroatoms. The van der Waals surface area contributed by atoms with Crippen molar-refractivity contribution in [3.8, 4) is 0 Å². The van der Waals surface area contributed by atoms with Crippen LogP contribution >= 0.6 is 0 Å². The topological polar surface area (TPSA) is 58.6 Å². The van der Waals surface area contributed by atoms with Gasteiger partial charge in [-0.2, -0.15) is 0 Å². The number of ether oxygens (including phenoxy) is 1. The zero-order chi connectivity index (χ0) is 13.1. The summed E-state index contributed by atoms with van der Waals surface area (Å²) in [5.74, 6) is -0.773. The summed E-state index contributed by atoms with van der Waals surface area (Å²) in [6.07, 6.45) is 5.08. The Hall–Kier alpha value is -0.610. The highest BCUT2D eigenvalue weighted by Crippen LogP contribution is 2.15. The summed E-state index contributed by atoms with van der Waals surface area (Å²) in [5.41, 5.74) is -0.815. The Morgan fingerprint density at radius 3 is 2.53 bits per heavy atom. The fourth-order valence-corrected chi connectivity index (χ4v) is 1.72. The largest absolute Gasteiger partial charge is 0.480 e. The second-order valence-corrected chi connectivity index (χ2v) is 4.57. The van der Waals surface area contributed by atoms with Gasteiger partial charge in [-0.25, -0.2) is 0 Å². The third-order valence-electron chi connectivity index (χ3n) is 2.97. The molecule has 0 heterocycles. The van der Waals surface area contributed by atoms with E-state index >= 15 is 0 Å². The van der Waals surface area contributed by atoms with Crippen LogP contribution in [0.25, 0.3) is 0 Å². The smallest absolute Gasteiger partial charge is 0.323 e. The van der Waals surface area contributed by atoms with Gasteiger partial charge in [-0.3, -0.25) is 10.1 Å². The highest BCUT2D eigenvalue weighted by Gasteiger charge is 2.31. The summed E-state index contributed by atoms with van der Waals surface area (Å²) >= 11 is 0. The third-order valence-corrected chi connectivity index (χ3v) is 2.97. The first kappa shape index (κ1) is 16.4. The minimum Gasteiger partial charge on any atom is -0.480 e. The van der Waals surface area contributed by atoms with Crippen LogP contribution in [0.15, 0.2) is 0 Å². The van der Waals surface area contributed by atoms with E-state index in [0.29, 0.717) is 26.2 Å². The van der Waals surface area contributed by atoms with Crippen LogP contribution in [0, 0.1) is 0 Å². The van der Waals surface area contributed by atoms with Crippen molar-refractivity contribution in [3.63, 3.8) is 0 Å². The summed E-state index contributed by atoms with van der Waals surface area (Å²) in [4.78, 5) is 11.2. The van der Waals surface area contributed by atoms with Crippen LogP contribution in [0.4, 0.5) is 0 Å². The van der Waals surface area contributed by atoms with E-state index in [9.17, 15) is 9.90 Å². The molecule has 0 aliphatic carbocycles. The summed E-state index contributed by atoms with van der Waals surface area (Å²) in [7, 11) is 0. The van der Waals surface area contributed by atoms with Gasteiger partial charge in [-0.05, 0) is 20.3 Å². The lowest BCUT2D eigenvalue weighted by Crippen LogP contribution is -2.50. The normalized spacial score (nSPS) is 14.5. The first-order valence-corrected chi connectivity index (χ1v) is 6.63. The molecule has 0 spiro atoms. The lowest BCUT2D eigenvalue weighted by Gasteiger charge is -2.26. The Morgan fingerprint density at radius 2 is 2.00 bits per heavy atom. The average Bonchev–Trinajstić information content (AvgIpc) is 2.30. The first-order chi connectivity index (χ1) is 8.06. The molecular formula is C13H27NO3. The minimum absolute atomic E-state index is 0.564. The molecule has 0 aliphatic rings. The minimum atomic E-state index is -0.815. The summed E-state index contributed by atoms with van der Waals surface area (Å²) in [5, 5.41) is 12.3. The Bertz CT molecular complexity index is 195. The van der Waals surface area contributed by atoms with E-state index in [0.717, 1.165) is 12.8 Å². The number of carboxylic acid groups (broad SMARTS) is 1. The molecule has 0 saturated carbocycles. The maximum atomic E-state index is 11.2. The maximum Gasteiger partial charge on any atom is 0.323 e. The Balaban J connectivity index is 3.94. The molecule has 0 aromatic rings. The molecule has 0 aromatic heterocycles. The Morgan fingerprint density at radius 1 is 1.29 bits per heavy atom. The fraction of sp³-hybridized carbons (Fsp3) is 0.923. The molecule has 4 nitrogen and oxygen atoms in total. The van der Waals surface area contributed by atoms with Gasteiger partial charge in [0.2, 0.25) is 0 Å². The molecule has 0 bridgehead atoms. The van der Waals surface area contributed by atoms with Crippen LogP contribution in [0.5, 0.6) is 0 Å². The molecule has 0 aliphatic heterocycles. The van der Waals surface area contributed by atoms with Crippen LogP contribution < -0.4 is 5.32 Å².